The fourth-order valence-corrected chi connectivity index (χ4v) is 2.04. The van der Waals surface area contributed by atoms with Crippen molar-refractivity contribution in [3.63, 3.8) is 0 Å². The van der Waals surface area contributed by atoms with Crippen molar-refractivity contribution < 1.29 is 4.92 Å². The molecular formula is C16H20N4O2. The summed E-state index contributed by atoms with van der Waals surface area (Å²) in [5, 5.41) is 17.3. The lowest BCUT2D eigenvalue weighted by atomic mass is 10.2. The van der Waals surface area contributed by atoms with E-state index < -0.39 is 4.92 Å². The van der Waals surface area contributed by atoms with E-state index in [-0.39, 0.29) is 5.69 Å². The minimum atomic E-state index is -0.422. The van der Waals surface area contributed by atoms with E-state index in [9.17, 15) is 10.1 Å². The number of pyridine rings is 1. The molecule has 0 saturated heterocycles. The zero-order valence-electron chi connectivity index (χ0n) is 12.8. The van der Waals surface area contributed by atoms with Gasteiger partial charge in [-0.1, -0.05) is 19.1 Å². The molecule has 1 heterocycles. The predicted molar refractivity (Wildman–Crippen MR) is 88.2 cm³/mol. The molecule has 6 nitrogen and oxygen atoms in total. The second kappa shape index (κ2) is 7.40. The Hall–Kier alpha value is -2.63. The van der Waals surface area contributed by atoms with Gasteiger partial charge in [0.05, 0.1) is 4.92 Å². The molecule has 2 N–H and O–H groups in total. The third-order valence-corrected chi connectivity index (χ3v) is 3.29. The zero-order chi connectivity index (χ0) is 15.9. The number of anilines is 2. The van der Waals surface area contributed by atoms with Crippen LogP contribution in [0, 0.1) is 17.0 Å². The van der Waals surface area contributed by atoms with Gasteiger partial charge in [0.2, 0.25) is 0 Å². The summed E-state index contributed by atoms with van der Waals surface area (Å²) in [7, 11) is 0. The van der Waals surface area contributed by atoms with Gasteiger partial charge in [-0.05, 0) is 37.1 Å². The first-order valence-corrected chi connectivity index (χ1v) is 7.28. The Morgan fingerprint density at radius 2 is 1.95 bits per heavy atom. The van der Waals surface area contributed by atoms with Gasteiger partial charge in [-0.3, -0.25) is 10.1 Å². The van der Waals surface area contributed by atoms with E-state index in [0.717, 1.165) is 24.2 Å². The summed E-state index contributed by atoms with van der Waals surface area (Å²) in [4.78, 5) is 14.4. The molecule has 0 aliphatic rings. The van der Waals surface area contributed by atoms with Crippen LogP contribution in [0.4, 0.5) is 17.2 Å². The fraction of sp³-hybridized carbons (Fsp3) is 0.312. The third-order valence-electron chi connectivity index (χ3n) is 3.29. The van der Waals surface area contributed by atoms with Gasteiger partial charge in [0, 0.05) is 24.3 Å². The monoisotopic (exact) mass is 300 g/mol. The molecule has 0 fully saturated rings. The summed E-state index contributed by atoms with van der Waals surface area (Å²) >= 11 is 0. The van der Waals surface area contributed by atoms with Gasteiger partial charge < -0.3 is 10.6 Å². The average Bonchev–Trinajstić information content (AvgIpc) is 2.51. The number of hydrogen-bond donors (Lipinski definition) is 2. The number of nitro groups is 1. The molecule has 0 bridgehead atoms. The quantitative estimate of drug-likeness (QED) is 0.601. The summed E-state index contributed by atoms with van der Waals surface area (Å²) in [6, 6.07) is 9.87. The molecule has 0 radical (unpaired) electrons. The van der Waals surface area contributed by atoms with Gasteiger partial charge in [-0.25, -0.2) is 4.98 Å². The lowest BCUT2D eigenvalue weighted by molar-refractivity contribution is -0.385. The Kier molecular flexibility index (Phi) is 5.30. The number of aromatic nitrogens is 1. The smallest absolute Gasteiger partial charge is 0.290 e. The van der Waals surface area contributed by atoms with Crippen LogP contribution < -0.4 is 10.6 Å². The molecule has 0 amide bonds. The summed E-state index contributed by atoms with van der Waals surface area (Å²) < 4.78 is 0. The first-order valence-electron chi connectivity index (χ1n) is 7.28. The van der Waals surface area contributed by atoms with E-state index >= 15 is 0 Å². The molecule has 0 saturated carbocycles. The van der Waals surface area contributed by atoms with Crippen LogP contribution >= 0.6 is 0 Å². The Morgan fingerprint density at radius 1 is 1.23 bits per heavy atom. The van der Waals surface area contributed by atoms with E-state index in [1.54, 1.807) is 13.0 Å². The Morgan fingerprint density at radius 3 is 2.55 bits per heavy atom. The number of benzene rings is 1. The van der Waals surface area contributed by atoms with E-state index in [1.807, 2.05) is 24.3 Å². The molecule has 0 atom stereocenters. The van der Waals surface area contributed by atoms with Gasteiger partial charge in [0.25, 0.3) is 5.69 Å². The van der Waals surface area contributed by atoms with E-state index in [1.165, 1.54) is 6.20 Å². The van der Waals surface area contributed by atoms with E-state index in [2.05, 4.69) is 22.5 Å². The van der Waals surface area contributed by atoms with E-state index in [0.29, 0.717) is 17.9 Å². The largest absolute Gasteiger partial charge is 0.385 e. The average molecular weight is 300 g/mol. The van der Waals surface area contributed by atoms with Crippen LogP contribution in [0.3, 0.4) is 0 Å². The van der Waals surface area contributed by atoms with Gasteiger partial charge in [0.15, 0.2) is 0 Å². The molecule has 2 rings (SSSR count). The Balaban J connectivity index is 1.95. The normalized spacial score (nSPS) is 10.3. The molecule has 1 aromatic carbocycles. The molecule has 116 valence electrons. The second-order valence-corrected chi connectivity index (χ2v) is 5.09. The van der Waals surface area contributed by atoms with Crippen LogP contribution in [0.1, 0.15) is 24.5 Å². The van der Waals surface area contributed by atoms with Crippen LogP contribution in [0.5, 0.6) is 0 Å². The van der Waals surface area contributed by atoms with Crippen LogP contribution in [0.25, 0.3) is 0 Å². The molecule has 0 spiro atoms. The highest BCUT2D eigenvalue weighted by Crippen LogP contribution is 2.19. The molecule has 22 heavy (non-hydrogen) atoms. The van der Waals surface area contributed by atoms with Crippen molar-refractivity contribution in [2.75, 3.05) is 17.2 Å². The molecular weight excluding hydrogens is 280 g/mol. The molecule has 0 aliphatic heterocycles. The summed E-state index contributed by atoms with van der Waals surface area (Å²) in [6.45, 7) is 5.42. The van der Waals surface area contributed by atoms with Crippen molar-refractivity contribution in [1.29, 1.82) is 0 Å². The Bertz CT molecular complexity index is 641. The molecule has 2 aromatic rings. The van der Waals surface area contributed by atoms with Gasteiger partial charge in [-0.2, -0.15) is 0 Å². The lowest BCUT2D eigenvalue weighted by Gasteiger charge is -2.08. The first-order chi connectivity index (χ1) is 10.6. The van der Waals surface area contributed by atoms with Gasteiger partial charge in [0.1, 0.15) is 12.0 Å². The number of nitrogens with one attached hydrogen (secondary N) is 2. The van der Waals surface area contributed by atoms with Gasteiger partial charge >= 0.3 is 0 Å². The van der Waals surface area contributed by atoms with Gasteiger partial charge in [-0.15, -0.1) is 0 Å². The SMILES string of the molecule is CCCNc1ccc(CNc2cc(C)c([N+](=O)[O-])cn2)cc1. The van der Waals surface area contributed by atoms with Crippen molar-refractivity contribution in [3.8, 4) is 0 Å². The standard InChI is InChI=1S/C16H20N4O2/c1-3-8-17-14-6-4-13(5-7-14)10-18-16-9-12(2)15(11-19-16)20(21)22/h4-7,9,11,17H,3,8,10H2,1-2H3,(H,18,19). The molecule has 6 heteroatoms. The van der Waals surface area contributed by atoms with Crippen molar-refractivity contribution in [2.24, 2.45) is 0 Å². The number of rotatable bonds is 7. The van der Waals surface area contributed by atoms with Crippen LogP contribution in [0.15, 0.2) is 36.5 Å². The number of aryl methyl sites for hydroxylation is 1. The topological polar surface area (TPSA) is 80.1 Å². The fourth-order valence-electron chi connectivity index (χ4n) is 2.04. The molecule has 0 unspecified atom stereocenters. The third kappa shape index (κ3) is 4.18. The van der Waals surface area contributed by atoms with Crippen molar-refractivity contribution in [1.82, 2.24) is 4.98 Å². The lowest BCUT2D eigenvalue weighted by Crippen LogP contribution is -2.03. The van der Waals surface area contributed by atoms with Crippen molar-refractivity contribution in [3.05, 3.63) is 57.8 Å². The highest BCUT2D eigenvalue weighted by molar-refractivity contribution is 5.48. The number of hydrogen-bond acceptors (Lipinski definition) is 5. The molecule has 1 aromatic heterocycles. The maximum absolute atomic E-state index is 10.8. The minimum absolute atomic E-state index is 0.0388. The Labute approximate surface area is 129 Å². The van der Waals surface area contributed by atoms with Crippen LogP contribution in [-0.4, -0.2) is 16.5 Å². The highest BCUT2D eigenvalue weighted by Gasteiger charge is 2.11. The maximum Gasteiger partial charge on any atom is 0.290 e. The number of nitrogens with zero attached hydrogens (tertiary/aromatic N) is 2. The van der Waals surface area contributed by atoms with Crippen molar-refractivity contribution >= 4 is 17.2 Å². The summed E-state index contributed by atoms with van der Waals surface area (Å²) in [6.07, 6.45) is 2.38. The van der Waals surface area contributed by atoms with Crippen molar-refractivity contribution in [2.45, 2.75) is 26.8 Å². The first kappa shape index (κ1) is 15.8. The predicted octanol–water partition coefficient (Wildman–Crippen LogP) is 3.73. The second-order valence-electron chi connectivity index (χ2n) is 5.09. The minimum Gasteiger partial charge on any atom is -0.385 e. The highest BCUT2D eigenvalue weighted by atomic mass is 16.6. The van der Waals surface area contributed by atoms with E-state index in [4.69, 9.17) is 0 Å². The molecule has 0 aliphatic carbocycles. The summed E-state index contributed by atoms with van der Waals surface area (Å²) in [5.74, 6) is 0.635. The maximum atomic E-state index is 10.8. The van der Waals surface area contributed by atoms with Crippen LogP contribution in [-0.2, 0) is 6.54 Å². The zero-order valence-corrected chi connectivity index (χ0v) is 12.8. The van der Waals surface area contributed by atoms with Crippen LogP contribution in [0.2, 0.25) is 0 Å². The summed E-state index contributed by atoms with van der Waals surface area (Å²) in [5.41, 5.74) is 2.87.